The van der Waals surface area contributed by atoms with Crippen molar-refractivity contribution in [3.63, 3.8) is 0 Å². The normalized spacial score (nSPS) is 13.0. The molecule has 0 fully saturated rings. The number of aromatic nitrogens is 3. The zero-order valence-electron chi connectivity index (χ0n) is 15.3. The Morgan fingerprint density at radius 1 is 1.48 bits per heavy atom. The van der Waals surface area contributed by atoms with Crippen molar-refractivity contribution in [2.45, 2.75) is 38.1 Å². The summed E-state index contributed by atoms with van der Waals surface area (Å²) in [4.78, 5) is 12.1. The predicted octanol–water partition coefficient (Wildman–Crippen LogP) is 1.86. The third kappa shape index (κ3) is 5.10. The number of hydrogen-bond acceptors (Lipinski definition) is 7. The molecule has 0 aliphatic carbocycles. The molecule has 2 aromatic rings. The number of nitrogens with zero attached hydrogens (tertiary/aromatic N) is 4. The number of halogens is 1. The Kier molecular flexibility index (Phi) is 6.63. The smallest absolute Gasteiger partial charge is 0.231 e. The van der Waals surface area contributed by atoms with Crippen LogP contribution in [0.15, 0.2) is 29.4 Å². The Morgan fingerprint density at radius 2 is 2.19 bits per heavy atom. The van der Waals surface area contributed by atoms with Gasteiger partial charge in [-0.2, -0.15) is 5.26 Å². The highest BCUT2D eigenvalue weighted by Crippen LogP contribution is 2.20. The van der Waals surface area contributed by atoms with Gasteiger partial charge in [-0.15, -0.1) is 10.2 Å². The topological polar surface area (TPSA) is 119 Å². The van der Waals surface area contributed by atoms with Crippen LogP contribution in [-0.2, 0) is 11.4 Å². The molecule has 8 nitrogen and oxygen atoms in total. The molecular formula is C17H21FN6O2S. The lowest BCUT2D eigenvalue weighted by Gasteiger charge is -2.27. The lowest BCUT2D eigenvalue weighted by atomic mass is 9.90. The van der Waals surface area contributed by atoms with Crippen molar-refractivity contribution in [1.82, 2.24) is 20.2 Å². The molecule has 144 valence electrons. The van der Waals surface area contributed by atoms with E-state index in [2.05, 4.69) is 21.6 Å². The van der Waals surface area contributed by atoms with Crippen LogP contribution in [0.25, 0.3) is 0 Å². The van der Waals surface area contributed by atoms with Crippen molar-refractivity contribution in [1.29, 1.82) is 5.26 Å². The summed E-state index contributed by atoms with van der Waals surface area (Å²) in [6.45, 7) is 5.31. The molecule has 27 heavy (non-hydrogen) atoms. The number of thioether (sulfide) groups is 1. The third-order valence-corrected chi connectivity index (χ3v) is 4.99. The van der Waals surface area contributed by atoms with Crippen molar-refractivity contribution in [3.8, 4) is 11.8 Å². The number of carbonyl (C=O) groups is 1. The maximum atomic E-state index is 13.6. The Labute approximate surface area is 160 Å². The van der Waals surface area contributed by atoms with Crippen molar-refractivity contribution >= 4 is 17.7 Å². The fourth-order valence-electron chi connectivity index (χ4n) is 1.97. The first-order valence-corrected chi connectivity index (χ1v) is 9.17. The number of nitrogens with one attached hydrogen (secondary N) is 1. The van der Waals surface area contributed by atoms with E-state index in [4.69, 9.17) is 10.6 Å². The fraction of sp³-hybridized carbons (Fsp3) is 0.412. The Bertz CT molecular complexity index is 850. The van der Waals surface area contributed by atoms with E-state index in [1.807, 2.05) is 13.8 Å². The predicted molar refractivity (Wildman–Crippen MR) is 98.6 cm³/mol. The molecule has 0 aliphatic heterocycles. The molecular weight excluding hydrogens is 371 g/mol. The number of nitrogen functional groups attached to an aromatic ring is 1. The van der Waals surface area contributed by atoms with Gasteiger partial charge in [0.1, 0.15) is 12.1 Å². The van der Waals surface area contributed by atoms with Gasteiger partial charge in [-0.05, 0) is 25.0 Å². The van der Waals surface area contributed by atoms with Gasteiger partial charge in [0.05, 0.1) is 11.8 Å². The second-order valence-corrected chi connectivity index (χ2v) is 7.24. The summed E-state index contributed by atoms with van der Waals surface area (Å²) in [6, 6.07) is 8.10. The molecule has 1 amide bonds. The van der Waals surface area contributed by atoms with Crippen LogP contribution < -0.4 is 15.9 Å². The summed E-state index contributed by atoms with van der Waals surface area (Å²) in [5.74, 6) is 5.44. The minimum absolute atomic E-state index is 0.0213. The largest absolute Gasteiger partial charge is 0.482 e. The number of ether oxygens (including phenoxy) is 1. The average Bonchev–Trinajstić information content (AvgIpc) is 2.99. The molecule has 0 saturated carbocycles. The standard InChI is InChI=1S/C17H21FN6O2S/c1-11(2)17(3,10-19)21-15(25)9-27-16-23-22-14(24(16)20)8-26-13-7-5-4-6-12(13)18/h4-7,11H,8-9,20H2,1-3H3,(H,21,25). The van der Waals surface area contributed by atoms with Gasteiger partial charge in [-0.3, -0.25) is 4.79 Å². The van der Waals surface area contributed by atoms with E-state index in [9.17, 15) is 14.4 Å². The van der Waals surface area contributed by atoms with E-state index < -0.39 is 11.4 Å². The number of amides is 1. The first-order valence-electron chi connectivity index (χ1n) is 8.18. The first kappa shape index (κ1) is 20.5. The van der Waals surface area contributed by atoms with Crippen molar-refractivity contribution in [3.05, 3.63) is 35.9 Å². The quantitative estimate of drug-likeness (QED) is 0.520. The lowest BCUT2D eigenvalue weighted by molar-refractivity contribution is -0.120. The Morgan fingerprint density at radius 3 is 2.81 bits per heavy atom. The second-order valence-electron chi connectivity index (χ2n) is 6.29. The van der Waals surface area contributed by atoms with Crippen LogP contribution in [0.1, 0.15) is 26.6 Å². The SMILES string of the molecule is CC(C)C(C)(C#N)NC(=O)CSc1nnc(COc2ccccc2F)n1N. The zero-order chi connectivity index (χ0) is 20.0. The maximum Gasteiger partial charge on any atom is 0.231 e. The summed E-state index contributed by atoms with van der Waals surface area (Å²) in [5, 5.41) is 20.1. The highest BCUT2D eigenvalue weighted by atomic mass is 32.2. The number of nitriles is 1. The zero-order valence-corrected chi connectivity index (χ0v) is 16.1. The average molecular weight is 392 g/mol. The van der Waals surface area contributed by atoms with Gasteiger partial charge in [0.2, 0.25) is 11.1 Å². The Hall–Kier alpha value is -2.80. The second kappa shape index (κ2) is 8.73. The van der Waals surface area contributed by atoms with Gasteiger partial charge < -0.3 is 15.9 Å². The van der Waals surface area contributed by atoms with Crippen LogP contribution >= 0.6 is 11.8 Å². The summed E-state index contributed by atoms with van der Waals surface area (Å²) >= 11 is 1.08. The van der Waals surface area contributed by atoms with E-state index in [-0.39, 0.29) is 35.8 Å². The molecule has 0 aliphatic rings. The number of nitrogens with two attached hydrogens (primary N) is 1. The highest BCUT2D eigenvalue weighted by molar-refractivity contribution is 7.99. The minimum atomic E-state index is -0.952. The molecule has 1 unspecified atom stereocenters. The number of rotatable bonds is 8. The number of carbonyl (C=O) groups excluding carboxylic acids is 1. The van der Waals surface area contributed by atoms with Crippen molar-refractivity contribution in [2.24, 2.45) is 5.92 Å². The van der Waals surface area contributed by atoms with Crippen molar-refractivity contribution < 1.29 is 13.9 Å². The van der Waals surface area contributed by atoms with Crippen LogP contribution in [0.4, 0.5) is 4.39 Å². The van der Waals surface area contributed by atoms with E-state index in [1.54, 1.807) is 19.1 Å². The Balaban J connectivity index is 1.93. The van der Waals surface area contributed by atoms with Gasteiger partial charge in [-0.25, -0.2) is 9.07 Å². The summed E-state index contributed by atoms with van der Waals surface area (Å²) in [5.41, 5.74) is -0.952. The van der Waals surface area contributed by atoms with Crippen molar-refractivity contribution in [2.75, 3.05) is 11.6 Å². The molecule has 1 aromatic heterocycles. The molecule has 0 radical (unpaired) electrons. The molecule has 0 bridgehead atoms. The lowest BCUT2D eigenvalue weighted by Crippen LogP contribution is -2.49. The van der Waals surface area contributed by atoms with Crippen LogP contribution in [-0.4, -0.2) is 32.1 Å². The monoisotopic (exact) mass is 392 g/mol. The van der Waals surface area contributed by atoms with E-state index >= 15 is 0 Å². The molecule has 0 spiro atoms. The molecule has 1 atom stereocenters. The molecule has 1 heterocycles. The maximum absolute atomic E-state index is 13.6. The third-order valence-electron chi connectivity index (χ3n) is 4.05. The summed E-state index contributed by atoms with van der Waals surface area (Å²) < 4.78 is 20.1. The first-order chi connectivity index (χ1) is 12.8. The van der Waals surface area contributed by atoms with E-state index in [0.29, 0.717) is 5.16 Å². The van der Waals surface area contributed by atoms with E-state index in [1.165, 1.54) is 16.8 Å². The highest BCUT2D eigenvalue weighted by Gasteiger charge is 2.30. The van der Waals surface area contributed by atoms with Crippen LogP contribution in [0, 0.1) is 23.1 Å². The van der Waals surface area contributed by atoms with Gasteiger partial charge in [0.15, 0.2) is 17.4 Å². The summed E-state index contributed by atoms with van der Waals surface area (Å²) in [7, 11) is 0. The number of hydrogen-bond donors (Lipinski definition) is 2. The van der Waals surface area contributed by atoms with Gasteiger partial charge >= 0.3 is 0 Å². The molecule has 3 N–H and O–H groups in total. The molecule has 2 rings (SSSR count). The van der Waals surface area contributed by atoms with Crippen LogP contribution in [0.2, 0.25) is 0 Å². The number of para-hydroxylation sites is 1. The fourth-order valence-corrected chi connectivity index (χ4v) is 2.64. The minimum Gasteiger partial charge on any atom is -0.482 e. The molecule has 1 aromatic carbocycles. The van der Waals surface area contributed by atoms with E-state index in [0.717, 1.165) is 11.8 Å². The van der Waals surface area contributed by atoms with Gasteiger partial charge in [0, 0.05) is 0 Å². The van der Waals surface area contributed by atoms with Crippen LogP contribution in [0.5, 0.6) is 5.75 Å². The van der Waals surface area contributed by atoms with Gasteiger partial charge in [0.25, 0.3) is 0 Å². The summed E-state index contributed by atoms with van der Waals surface area (Å²) in [6.07, 6.45) is 0. The van der Waals surface area contributed by atoms with Gasteiger partial charge in [-0.1, -0.05) is 37.7 Å². The molecule has 0 saturated heterocycles. The van der Waals surface area contributed by atoms with Crippen LogP contribution in [0.3, 0.4) is 0 Å². The number of benzene rings is 1. The molecule has 10 heteroatoms.